The first-order valence-electron chi connectivity index (χ1n) is 6.82. The Morgan fingerprint density at radius 2 is 2.21 bits per heavy atom. The van der Waals surface area contributed by atoms with E-state index in [0.717, 1.165) is 36.5 Å². The highest BCUT2D eigenvalue weighted by atomic mass is 15.3. The number of benzene rings is 1. The van der Waals surface area contributed by atoms with Crippen LogP contribution in [0.15, 0.2) is 30.5 Å². The first-order valence-corrected chi connectivity index (χ1v) is 6.82. The molecule has 1 unspecified atom stereocenters. The lowest BCUT2D eigenvalue weighted by Crippen LogP contribution is -2.33. The second-order valence-electron chi connectivity index (χ2n) is 5.74. The molecule has 4 nitrogen and oxygen atoms in total. The van der Waals surface area contributed by atoms with Gasteiger partial charge in [0.25, 0.3) is 0 Å². The number of fused-ring (bicyclic) bond motifs is 1. The monoisotopic (exact) mass is 256 g/mol. The van der Waals surface area contributed by atoms with Gasteiger partial charge in [-0.3, -0.25) is 0 Å². The normalized spacial score (nSPS) is 23.2. The van der Waals surface area contributed by atoms with Crippen molar-refractivity contribution in [3.05, 3.63) is 30.5 Å². The Bertz CT molecular complexity index is 583. The summed E-state index contributed by atoms with van der Waals surface area (Å²) in [6.07, 6.45) is 3.11. The Balaban J connectivity index is 1.85. The molecule has 1 saturated heterocycles. The third-order valence-electron chi connectivity index (χ3n) is 3.92. The van der Waals surface area contributed by atoms with Crippen LogP contribution in [0, 0.1) is 5.41 Å². The fourth-order valence-electron chi connectivity index (χ4n) is 2.88. The van der Waals surface area contributed by atoms with Gasteiger partial charge in [-0.25, -0.2) is 9.97 Å². The summed E-state index contributed by atoms with van der Waals surface area (Å²) in [5.41, 5.74) is 1.35. The molecular formula is C15H20N4. The third-order valence-corrected chi connectivity index (χ3v) is 3.92. The molecule has 1 aromatic heterocycles. The van der Waals surface area contributed by atoms with Crippen molar-refractivity contribution >= 4 is 16.9 Å². The Labute approximate surface area is 113 Å². The molecule has 1 aromatic carbocycles. The van der Waals surface area contributed by atoms with Gasteiger partial charge in [-0.2, -0.15) is 0 Å². The van der Waals surface area contributed by atoms with Gasteiger partial charge in [0.1, 0.15) is 0 Å². The van der Waals surface area contributed by atoms with E-state index in [0.29, 0.717) is 5.41 Å². The predicted molar refractivity (Wildman–Crippen MR) is 78.4 cm³/mol. The average Bonchev–Trinajstić information content (AvgIpc) is 2.81. The number of nitrogens with one attached hydrogen (secondary N) is 1. The minimum Gasteiger partial charge on any atom is -0.340 e. The van der Waals surface area contributed by atoms with Crippen molar-refractivity contribution < 1.29 is 0 Å². The van der Waals surface area contributed by atoms with Crippen LogP contribution in [0.3, 0.4) is 0 Å². The maximum atomic E-state index is 4.68. The lowest BCUT2D eigenvalue weighted by Gasteiger charge is -2.24. The van der Waals surface area contributed by atoms with Crippen LogP contribution in [0.2, 0.25) is 0 Å². The summed E-state index contributed by atoms with van der Waals surface area (Å²) in [5.74, 6) is 0.860. The number of anilines is 1. The van der Waals surface area contributed by atoms with Crippen LogP contribution in [-0.2, 0) is 0 Å². The van der Waals surface area contributed by atoms with Crippen LogP contribution < -0.4 is 10.2 Å². The molecule has 1 aliphatic rings. The number of para-hydroxylation sites is 1. The molecule has 1 fully saturated rings. The minimum atomic E-state index is 0.323. The van der Waals surface area contributed by atoms with Crippen LogP contribution in [-0.4, -0.2) is 36.6 Å². The van der Waals surface area contributed by atoms with Crippen LogP contribution in [0.4, 0.5) is 5.95 Å². The highest BCUT2D eigenvalue weighted by Crippen LogP contribution is 2.31. The molecular weight excluding hydrogens is 236 g/mol. The number of nitrogens with zero attached hydrogens (tertiary/aromatic N) is 3. The zero-order valence-electron chi connectivity index (χ0n) is 11.6. The summed E-state index contributed by atoms with van der Waals surface area (Å²) < 4.78 is 0. The van der Waals surface area contributed by atoms with E-state index in [4.69, 9.17) is 0 Å². The largest absolute Gasteiger partial charge is 0.340 e. The van der Waals surface area contributed by atoms with Crippen molar-refractivity contribution in [1.29, 1.82) is 0 Å². The molecule has 1 aliphatic heterocycles. The van der Waals surface area contributed by atoms with Gasteiger partial charge in [-0.15, -0.1) is 0 Å². The molecule has 0 amide bonds. The maximum Gasteiger partial charge on any atom is 0.225 e. The molecule has 4 heteroatoms. The number of rotatable bonds is 3. The Kier molecular flexibility index (Phi) is 3.11. The first-order chi connectivity index (χ1) is 9.20. The van der Waals surface area contributed by atoms with Crippen LogP contribution in [0.1, 0.15) is 13.3 Å². The van der Waals surface area contributed by atoms with Crippen LogP contribution in [0.25, 0.3) is 10.9 Å². The van der Waals surface area contributed by atoms with Gasteiger partial charge in [0, 0.05) is 31.2 Å². The van der Waals surface area contributed by atoms with Gasteiger partial charge in [0.15, 0.2) is 0 Å². The van der Waals surface area contributed by atoms with E-state index in [2.05, 4.69) is 27.1 Å². The molecule has 19 heavy (non-hydrogen) atoms. The summed E-state index contributed by atoms with van der Waals surface area (Å²) in [6, 6.07) is 8.14. The number of hydrogen-bond acceptors (Lipinski definition) is 4. The van der Waals surface area contributed by atoms with Gasteiger partial charge in [-0.05, 0) is 24.9 Å². The average molecular weight is 256 g/mol. The molecule has 0 aliphatic carbocycles. The van der Waals surface area contributed by atoms with Crippen molar-refractivity contribution in [2.45, 2.75) is 13.3 Å². The van der Waals surface area contributed by atoms with E-state index < -0.39 is 0 Å². The molecule has 2 aromatic rings. The Morgan fingerprint density at radius 1 is 1.37 bits per heavy atom. The van der Waals surface area contributed by atoms with Gasteiger partial charge in [-0.1, -0.05) is 25.1 Å². The van der Waals surface area contributed by atoms with Crippen molar-refractivity contribution in [2.75, 3.05) is 31.6 Å². The first kappa shape index (κ1) is 12.4. The highest BCUT2D eigenvalue weighted by Gasteiger charge is 2.34. The molecule has 0 radical (unpaired) electrons. The Hall–Kier alpha value is -1.68. The van der Waals surface area contributed by atoms with Gasteiger partial charge in [0.2, 0.25) is 5.95 Å². The van der Waals surface area contributed by atoms with Crippen molar-refractivity contribution in [2.24, 2.45) is 5.41 Å². The second kappa shape index (κ2) is 4.78. The van der Waals surface area contributed by atoms with E-state index in [9.17, 15) is 0 Å². The van der Waals surface area contributed by atoms with Gasteiger partial charge in [0.05, 0.1) is 5.52 Å². The van der Waals surface area contributed by atoms with Crippen molar-refractivity contribution in [3.8, 4) is 0 Å². The summed E-state index contributed by atoms with van der Waals surface area (Å²) in [6.45, 7) is 5.42. The van der Waals surface area contributed by atoms with Gasteiger partial charge >= 0.3 is 0 Å². The fraction of sp³-hybridized carbons (Fsp3) is 0.467. The smallest absolute Gasteiger partial charge is 0.225 e. The topological polar surface area (TPSA) is 41.0 Å². The SMILES string of the molecule is CNCC1(C)CCN(c2ncc3ccccc3n2)C1. The zero-order chi connectivity index (χ0) is 13.3. The number of hydrogen-bond donors (Lipinski definition) is 1. The fourth-order valence-corrected chi connectivity index (χ4v) is 2.88. The van der Waals surface area contributed by atoms with Crippen LogP contribution in [0.5, 0.6) is 0 Å². The number of aromatic nitrogens is 2. The van der Waals surface area contributed by atoms with Crippen molar-refractivity contribution in [3.63, 3.8) is 0 Å². The molecule has 2 heterocycles. The molecule has 0 saturated carbocycles. The lowest BCUT2D eigenvalue weighted by atomic mass is 9.90. The van der Waals surface area contributed by atoms with Gasteiger partial charge < -0.3 is 10.2 Å². The van der Waals surface area contributed by atoms with E-state index in [-0.39, 0.29) is 0 Å². The molecule has 1 atom stereocenters. The molecule has 100 valence electrons. The summed E-state index contributed by atoms with van der Waals surface area (Å²) in [4.78, 5) is 11.5. The molecule has 0 bridgehead atoms. The minimum absolute atomic E-state index is 0.323. The van der Waals surface area contributed by atoms with E-state index in [1.54, 1.807) is 0 Å². The summed E-state index contributed by atoms with van der Waals surface area (Å²) in [5, 5.41) is 4.38. The van der Waals surface area contributed by atoms with Crippen molar-refractivity contribution in [1.82, 2.24) is 15.3 Å². The maximum absolute atomic E-state index is 4.68. The summed E-state index contributed by atoms with van der Waals surface area (Å²) in [7, 11) is 2.01. The molecule has 0 spiro atoms. The third kappa shape index (κ3) is 2.40. The Morgan fingerprint density at radius 3 is 3.05 bits per heavy atom. The van der Waals surface area contributed by atoms with Crippen LogP contribution >= 0.6 is 0 Å². The quantitative estimate of drug-likeness (QED) is 0.912. The van der Waals surface area contributed by atoms with E-state index in [1.165, 1.54) is 6.42 Å². The van der Waals surface area contributed by atoms with E-state index in [1.807, 2.05) is 37.5 Å². The molecule has 1 N–H and O–H groups in total. The second-order valence-corrected chi connectivity index (χ2v) is 5.74. The lowest BCUT2D eigenvalue weighted by molar-refractivity contribution is 0.355. The predicted octanol–water partition coefficient (Wildman–Crippen LogP) is 2.07. The molecule has 3 rings (SSSR count). The zero-order valence-corrected chi connectivity index (χ0v) is 11.6. The van der Waals surface area contributed by atoms with E-state index >= 15 is 0 Å². The highest BCUT2D eigenvalue weighted by molar-refractivity contribution is 5.78. The summed E-state index contributed by atoms with van der Waals surface area (Å²) >= 11 is 0. The standard InChI is InChI=1S/C15H20N4/c1-15(10-16-2)7-8-19(11-15)14-17-9-12-5-3-4-6-13(12)18-14/h3-6,9,16H,7-8,10-11H2,1-2H3.